The highest BCUT2D eigenvalue weighted by atomic mass is 79.9. The molecule has 2 aromatic rings. The molecule has 0 spiro atoms. The second kappa shape index (κ2) is 8.87. The Morgan fingerprint density at radius 1 is 0.933 bits per heavy atom. The van der Waals surface area contributed by atoms with Crippen molar-refractivity contribution in [2.45, 2.75) is 6.42 Å². The van der Waals surface area contributed by atoms with Crippen LogP contribution >= 0.6 is 15.9 Å². The molecule has 1 fully saturated rings. The van der Waals surface area contributed by atoms with Crippen molar-refractivity contribution in [1.29, 1.82) is 0 Å². The zero-order valence-corrected chi connectivity index (χ0v) is 18.1. The molecule has 0 atom stereocenters. The molecule has 2 aliphatic rings. The molecule has 4 amide bonds. The number of fused-ring (bicyclic) bond motifs is 1. The van der Waals surface area contributed by atoms with Gasteiger partial charge in [-0.2, -0.15) is 0 Å². The van der Waals surface area contributed by atoms with Crippen molar-refractivity contribution < 1.29 is 14.4 Å². The van der Waals surface area contributed by atoms with Gasteiger partial charge in [-0.15, -0.1) is 0 Å². The fourth-order valence-electron chi connectivity index (χ4n) is 3.82. The molecule has 30 heavy (non-hydrogen) atoms. The van der Waals surface area contributed by atoms with Crippen LogP contribution in [0.5, 0.6) is 0 Å². The summed E-state index contributed by atoms with van der Waals surface area (Å²) in [7, 11) is 0. The lowest BCUT2D eigenvalue weighted by atomic mass is 10.1. The number of hydrogen-bond donors (Lipinski definition) is 1. The first-order valence-electron chi connectivity index (χ1n) is 10.0. The zero-order chi connectivity index (χ0) is 21.1. The second-order valence-corrected chi connectivity index (χ2v) is 8.26. The number of carbonyl (C=O) groups is 3. The summed E-state index contributed by atoms with van der Waals surface area (Å²) in [5.74, 6) is -0.550. The van der Waals surface area contributed by atoms with Gasteiger partial charge < -0.3 is 15.1 Å². The van der Waals surface area contributed by atoms with Crippen LogP contribution < -0.4 is 10.2 Å². The van der Waals surface area contributed by atoms with E-state index >= 15 is 0 Å². The Kier molecular flexibility index (Phi) is 6.03. The fourth-order valence-corrected chi connectivity index (χ4v) is 4.18. The van der Waals surface area contributed by atoms with Crippen LogP contribution in [0.15, 0.2) is 53.0 Å². The molecule has 2 aliphatic heterocycles. The van der Waals surface area contributed by atoms with Crippen molar-refractivity contribution >= 4 is 39.5 Å². The van der Waals surface area contributed by atoms with Crippen LogP contribution in [0.4, 0.5) is 10.5 Å². The molecule has 4 rings (SSSR count). The van der Waals surface area contributed by atoms with E-state index in [9.17, 15) is 14.4 Å². The van der Waals surface area contributed by atoms with Crippen molar-refractivity contribution in [2.24, 2.45) is 0 Å². The molecular formula is C22H23BrN4O3. The Hall–Kier alpha value is -2.87. The molecule has 156 valence electrons. The molecule has 0 aromatic heterocycles. The minimum atomic E-state index is -0.278. The number of nitrogens with zero attached hydrogens (tertiary/aromatic N) is 3. The Labute approximate surface area is 183 Å². The Morgan fingerprint density at radius 3 is 2.37 bits per heavy atom. The molecular weight excluding hydrogens is 448 g/mol. The Balaban J connectivity index is 1.21. The Morgan fingerprint density at radius 2 is 1.63 bits per heavy atom. The molecule has 0 bridgehead atoms. The highest BCUT2D eigenvalue weighted by Gasteiger charge is 2.35. The molecule has 2 aromatic carbocycles. The standard InChI is InChI=1S/C22H23BrN4O3/c23-16-7-8-18-19(15-16)21(29)27(20(18)28)10-4-9-24-22(30)26-13-11-25(12-14-26)17-5-2-1-3-6-17/h1-3,5-8,15H,4,9-14H2,(H,24,30). The minimum absolute atomic E-state index is 0.103. The van der Waals surface area contributed by atoms with E-state index in [2.05, 4.69) is 38.3 Å². The monoisotopic (exact) mass is 470 g/mol. The summed E-state index contributed by atoms with van der Waals surface area (Å²) in [5, 5.41) is 2.90. The number of anilines is 1. The van der Waals surface area contributed by atoms with E-state index in [4.69, 9.17) is 0 Å². The summed E-state index contributed by atoms with van der Waals surface area (Å²) in [5.41, 5.74) is 2.03. The summed E-state index contributed by atoms with van der Waals surface area (Å²) in [6.07, 6.45) is 0.516. The van der Waals surface area contributed by atoms with Crippen molar-refractivity contribution in [2.75, 3.05) is 44.2 Å². The number of urea groups is 1. The van der Waals surface area contributed by atoms with Gasteiger partial charge in [-0.3, -0.25) is 14.5 Å². The maximum Gasteiger partial charge on any atom is 0.317 e. The van der Waals surface area contributed by atoms with Crippen LogP contribution in [0.3, 0.4) is 0 Å². The fraction of sp³-hybridized carbons (Fsp3) is 0.318. The highest BCUT2D eigenvalue weighted by Crippen LogP contribution is 2.26. The largest absolute Gasteiger partial charge is 0.368 e. The SMILES string of the molecule is O=C(NCCCN1C(=O)c2ccc(Br)cc2C1=O)N1CCN(c2ccccc2)CC1. The summed E-state index contributed by atoms with van der Waals surface area (Å²) in [4.78, 5) is 42.6. The molecule has 0 saturated carbocycles. The van der Waals surface area contributed by atoms with Gasteiger partial charge in [-0.1, -0.05) is 34.1 Å². The van der Waals surface area contributed by atoms with Gasteiger partial charge in [-0.05, 0) is 36.8 Å². The molecule has 2 heterocycles. The third-order valence-electron chi connectivity index (χ3n) is 5.46. The lowest BCUT2D eigenvalue weighted by Gasteiger charge is -2.36. The highest BCUT2D eigenvalue weighted by molar-refractivity contribution is 9.10. The van der Waals surface area contributed by atoms with Crippen LogP contribution in [0.2, 0.25) is 0 Å². The summed E-state index contributed by atoms with van der Waals surface area (Å²) in [6, 6.07) is 15.2. The predicted molar refractivity (Wildman–Crippen MR) is 118 cm³/mol. The number of benzene rings is 2. The predicted octanol–water partition coefficient (Wildman–Crippen LogP) is 2.97. The lowest BCUT2D eigenvalue weighted by molar-refractivity contribution is 0.0653. The molecule has 1 N–H and O–H groups in total. The van der Waals surface area contributed by atoms with E-state index in [1.54, 1.807) is 23.1 Å². The van der Waals surface area contributed by atoms with Gasteiger partial charge in [0.1, 0.15) is 0 Å². The normalized spacial score (nSPS) is 16.1. The van der Waals surface area contributed by atoms with E-state index in [0.717, 1.165) is 17.6 Å². The van der Waals surface area contributed by atoms with Crippen LogP contribution in [0.25, 0.3) is 0 Å². The van der Waals surface area contributed by atoms with Gasteiger partial charge in [0.2, 0.25) is 0 Å². The maximum atomic E-state index is 12.5. The van der Waals surface area contributed by atoms with Crippen molar-refractivity contribution in [3.8, 4) is 0 Å². The first kappa shape index (κ1) is 20.4. The number of imide groups is 1. The minimum Gasteiger partial charge on any atom is -0.368 e. The number of amides is 4. The maximum absolute atomic E-state index is 12.5. The first-order chi connectivity index (χ1) is 14.5. The number of para-hydroxylation sites is 1. The number of carbonyl (C=O) groups excluding carboxylic acids is 3. The number of halogens is 1. The van der Waals surface area contributed by atoms with Crippen LogP contribution in [-0.4, -0.2) is 66.9 Å². The second-order valence-electron chi connectivity index (χ2n) is 7.35. The number of piperazine rings is 1. The van der Waals surface area contributed by atoms with Crippen LogP contribution in [0.1, 0.15) is 27.1 Å². The lowest BCUT2D eigenvalue weighted by Crippen LogP contribution is -2.52. The van der Waals surface area contributed by atoms with Gasteiger partial charge in [0.05, 0.1) is 11.1 Å². The van der Waals surface area contributed by atoms with Crippen LogP contribution in [-0.2, 0) is 0 Å². The third-order valence-corrected chi connectivity index (χ3v) is 5.95. The van der Waals surface area contributed by atoms with Crippen molar-refractivity contribution in [3.63, 3.8) is 0 Å². The van der Waals surface area contributed by atoms with Gasteiger partial charge in [0.15, 0.2) is 0 Å². The summed E-state index contributed by atoms with van der Waals surface area (Å²) < 4.78 is 0.767. The number of rotatable bonds is 5. The third kappa shape index (κ3) is 4.18. The summed E-state index contributed by atoms with van der Waals surface area (Å²) >= 11 is 3.33. The van der Waals surface area contributed by atoms with Crippen LogP contribution in [0, 0.1) is 0 Å². The molecule has 1 saturated heterocycles. The van der Waals surface area contributed by atoms with Crippen molar-refractivity contribution in [3.05, 3.63) is 64.1 Å². The van der Waals surface area contributed by atoms with Gasteiger partial charge >= 0.3 is 6.03 Å². The van der Waals surface area contributed by atoms with Crippen molar-refractivity contribution in [1.82, 2.24) is 15.1 Å². The molecule has 0 radical (unpaired) electrons. The average Bonchev–Trinajstić information content (AvgIpc) is 3.01. The van der Waals surface area contributed by atoms with Gasteiger partial charge in [0.25, 0.3) is 11.8 Å². The van der Waals surface area contributed by atoms with E-state index in [1.807, 2.05) is 18.2 Å². The number of hydrogen-bond acceptors (Lipinski definition) is 4. The average molecular weight is 471 g/mol. The molecule has 0 unspecified atom stereocenters. The Bertz CT molecular complexity index is 958. The summed E-state index contributed by atoms with van der Waals surface area (Å²) in [6.45, 7) is 3.60. The van der Waals surface area contributed by atoms with Gasteiger partial charge in [0, 0.05) is 49.4 Å². The number of nitrogens with one attached hydrogen (secondary N) is 1. The van der Waals surface area contributed by atoms with Gasteiger partial charge in [-0.25, -0.2) is 4.79 Å². The zero-order valence-electron chi connectivity index (χ0n) is 16.5. The quantitative estimate of drug-likeness (QED) is 0.538. The van der Waals surface area contributed by atoms with E-state index < -0.39 is 0 Å². The molecule has 0 aliphatic carbocycles. The molecule has 7 nitrogen and oxygen atoms in total. The van der Waals surface area contributed by atoms with E-state index in [0.29, 0.717) is 37.2 Å². The molecule has 8 heteroatoms. The smallest absolute Gasteiger partial charge is 0.317 e. The van der Waals surface area contributed by atoms with E-state index in [1.165, 1.54) is 10.6 Å². The first-order valence-corrected chi connectivity index (χ1v) is 10.8. The topological polar surface area (TPSA) is 73.0 Å². The van der Waals surface area contributed by atoms with E-state index in [-0.39, 0.29) is 24.4 Å².